The van der Waals surface area contributed by atoms with Crippen molar-refractivity contribution in [2.45, 2.75) is 24.7 Å². The fourth-order valence-electron chi connectivity index (χ4n) is 1.96. The second kappa shape index (κ2) is 7.39. The van der Waals surface area contributed by atoms with E-state index in [4.69, 9.17) is 10.2 Å². The molecule has 8 heteroatoms. The van der Waals surface area contributed by atoms with Crippen LogP contribution in [-0.4, -0.2) is 44.3 Å². The van der Waals surface area contributed by atoms with Crippen LogP contribution in [0.3, 0.4) is 0 Å². The maximum atomic E-state index is 11.4. The zero-order chi connectivity index (χ0) is 16.0. The average Bonchev–Trinajstić information content (AvgIpc) is 2.41. The van der Waals surface area contributed by atoms with Gasteiger partial charge in [0.05, 0.1) is 22.8 Å². The van der Waals surface area contributed by atoms with E-state index in [2.05, 4.69) is 0 Å². The van der Waals surface area contributed by atoms with Gasteiger partial charge in [-0.05, 0) is 24.6 Å². The monoisotopic (exact) mass is 316 g/mol. The van der Waals surface area contributed by atoms with Crippen LogP contribution in [0.15, 0.2) is 23.1 Å². The first kappa shape index (κ1) is 17.4. The Kier molecular flexibility index (Phi) is 6.13. The number of benzene rings is 1. The summed E-state index contributed by atoms with van der Waals surface area (Å²) < 4.78 is 22.6. The van der Waals surface area contributed by atoms with E-state index in [9.17, 15) is 18.3 Å². The smallest absolute Gasteiger partial charge is 0.337 e. The van der Waals surface area contributed by atoms with E-state index in [-0.39, 0.29) is 23.6 Å². The van der Waals surface area contributed by atoms with Crippen molar-refractivity contribution in [2.24, 2.45) is 5.14 Å². The Hall–Kier alpha value is -1.64. The lowest BCUT2D eigenvalue weighted by Gasteiger charge is -2.25. The van der Waals surface area contributed by atoms with Crippen LogP contribution in [0.25, 0.3) is 0 Å². The minimum atomic E-state index is -3.96. The summed E-state index contributed by atoms with van der Waals surface area (Å²) >= 11 is 0. The van der Waals surface area contributed by atoms with Gasteiger partial charge in [-0.2, -0.15) is 0 Å². The van der Waals surface area contributed by atoms with Gasteiger partial charge in [-0.15, -0.1) is 0 Å². The first-order chi connectivity index (χ1) is 9.81. The van der Waals surface area contributed by atoms with Crippen molar-refractivity contribution < 1.29 is 23.4 Å². The molecule has 1 rings (SSSR count). The highest BCUT2D eigenvalue weighted by molar-refractivity contribution is 7.89. The van der Waals surface area contributed by atoms with Gasteiger partial charge in [0.2, 0.25) is 10.0 Å². The zero-order valence-corrected chi connectivity index (χ0v) is 12.6. The molecule has 0 saturated heterocycles. The number of carbonyl (C=O) groups is 1. The van der Waals surface area contributed by atoms with Gasteiger partial charge in [0.1, 0.15) is 0 Å². The lowest BCUT2D eigenvalue weighted by Crippen LogP contribution is -2.29. The second-order valence-electron chi connectivity index (χ2n) is 4.59. The van der Waals surface area contributed by atoms with Gasteiger partial charge >= 0.3 is 5.97 Å². The summed E-state index contributed by atoms with van der Waals surface area (Å²) in [7, 11) is -3.96. The van der Waals surface area contributed by atoms with Gasteiger partial charge in [-0.3, -0.25) is 0 Å². The molecule has 7 nitrogen and oxygen atoms in total. The predicted octanol–water partition coefficient (Wildman–Crippen LogP) is 0.631. The first-order valence-electron chi connectivity index (χ1n) is 6.57. The molecule has 4 N–H and O–H groups in total. The zero-order valence-electron chi connectivity index (χ0n) is 11.8. The van der Waals surface area contributed by atoms with E-state index in [1.165, 1.54) is 12.1 Å². The lowest BCUT2D eigenvalue weighted by molar-refractivity contribution is 0.0697. The number of sulfonamides is 1. The summed E-state index contributed by atoms with van der Waals surface area (Å²) in [6, 6.07) is 3.73. The third-order valence-corrected chi connectivity index (χ3v) is 3.93. The molecule has 0 aliphatic carbocycles. The van der Waals surface area contributed by atoms with E-state index in [1.54, 1.807) is 4.90 Å². The molecule has 1 aromatic carbocycles. The number of carboxylic acid groups (broad SMARTS) is 1. The summed E-state index contributed by atoms with van der Waals surface area (Å²) in [5.41, 5.74) is 0.225. The van der Waals surface area contributed by atoms with Crippen molar-refractivity contribution in [2.75, 3.05) is 24.6 Å². The van der Waals surface area contributed by atoms with Gasteiger partial charge < -0.3 is 15.1 Å². The van der Waals surface area contributed by atoms with Crippen LogP contribution in [-0.2, 0) is 10.0 Å². The molecule has 0 radical (unpaired) electrons. The van der Waals surface area contributed by atoms with E-state index < -0.39 is 16.0 Å². The van der Waals surface area contributed by atoms with Gasteiger partial charge in [0, 0.05) is 13.1 Å². The highest BCUT2D eigenvalue weighted by Crippen LogP contribution is 2.24. The maximum Gasteiger partial charge on any atom is 0.337 e. The topological polar surface area (TPSA) is 121 Å². The summed E-state index contributed by atoms with van der Waals surface area (Å²) in [6.45, 7) is 2.72. The molecule has 1 aromatic rings. The van der Waals surface area contributed by atoms with Crippen molar-refractivity contribution in [3.8, 4) is 0 Å². The summed E-state index contributed by atoms with van der Waals surface area (Å²) in [4.78, 5) is 12.8. The van der Waals surface area contributed by atoms with E-state index >= 15 is 0 Å². The van der Waals surface area contributed by atoms with Crippen molar-refractivity contribution in [1.82, 2.24) is 0 Å². The van der Waals surface area contributed by atoms with E-state index in [0.29, 0.717) is 12.2 Å². The van der Waals surface area contributed by atoms with Crippen LogP contribution < -0.4 is 10.0 Å². The van der Waals surface area contributed by atoms with Crippen LogP contribution in [0.5, 0.6) is 0 Å². The molecule has 0 spiro atoms. The van der Waals surface area contributed by atoms with Gasteiger partial charge in [-0.1, -0.05) is 13.3 Å². The molecular formula is C13H20N2O5S. The average molecular weight is 316 g/mol. The quantitative estimate of drug-likeness (QED) is 0.647. The fraction of sp³-hybridized carbons (Fsp3) is 0.462. The molecule has 0 aliphatic rings. The Morgan fingerprint density at radius 1 is 1.33 bits per heavy atom. The molecule has 0 bridgehead atoms. The number of rotatable bonds is 8. The van der Waals surface area contributed by atoms with Crippen molar-refractivity contribution in [3.63, 3.8) is 0 Å². The van der Waals surface area contributed by atoms with Crippen LogP contribution in [0.1, 0.15) is 30.1 Å². The molecule has 21 heavy (non-hydrogen) atoms. The SMILES string of the molecule is CCCCN(CCO)c1ccc(S(N)(=O)=O)cc1C(=O)O. The summed E-state index contributed by atoms with van der Waals surface area (Å²) in [5.74, 6) is -1.24. The van der Waals surface area contributed by atoms with E-state index in [1.807, 2.05) is 6.92 Å². The van der Waals surface area contributed by atoms with Crippen LogP contribution in [0.4, 0.5) is 5.69 Å². The van der Waals surface area contributed by atoms with E-state index in [0.717, 1.165) is 18.9 Å². The van der Waals surface area contributed by atoms with Gasteiger partial charge in [0.25, 0.3) is 0 Å². The minimum absolute atomic E-state index is 0.125. The molecule has 0 aromatic heterocycles. The Bertz CT molecular complexity index is 601. The number of nitrogens with zero attached hydrogens (tertiary/aromatic N) is 1. The van der Waals surface area contributed by atoms with Crippen molar-refractivity contribution >= 4 is 21.7 Å². The molecule has 0 unspecified atom stereocenters. The Labute approximate surface area is 124 Å². The maximum absolute atomic E-state index is 11.4. The van der Waals surface area contributed by atoms with Gasteiger partial charge in [0.15, 0.2) is 0 Å². The minimum Gasteiger partial charge on any atom is -0.478 e. The number of anilines is 1. The number of unbranched alkanes of at least 4 members (excludes halogenated alkanes) is 1. The number of aliphatic hydroxyl groups excluding tert-OH is 1. The summed E-state index contributed by atoms with van der Waals surface area (Å²) in [6.07, 6.45) is 1.75. The number of nitrogens with two attached hydrogens (primary N) is 1. The molecule has 118 valence electrons. The third kappa shape index (κ3) is 4.69. The highest BCUT2D eigenvalue weighted by Gasteiger charge is 2.19. The standard InChI is InChI=1S/C13H20N2O5S/c1-2-3-6-15(7-8-16)12-5-4-10(21(14,19)20)9-11(12)13(17)18/h4-5,9,16H,2-3,6-8H2,1H3,(H,17,18)(H2,14,19,20). The molecule has 0 atom stereocenters. The Morgan fingerprint density at radius 2 is 2.00 bits per heavy atom. The number of primary sulfonamides is 1. The number of hydrogen-bond acceptors (Lipinski definition) is 5. The Balaban J connectivity index is 3.29. The van der Waals surface area contributed by atoms with Crippen molar-refractivity contribution in [1.29, 1.82) is 0 Å². The number of aliphatic hydroxyl groups is 1. The first-order valence-corrected chi connectivity index (χ1v) is 8.11. The van der Waals surface area contributed by atoms with Crippen LogP contribution in [0, 0.1) is 0 Å². The van der Waals surface area contributed by atoms with Crippen LogP contribution >= 0.6 is 0 Å². The molecular weight excluding hydrogens is 296 g/mol. The van der Waals surface area contributed by atoms with Crippen molar-refractivity contribution in [3.05, 3.63) is 23.8 Å². The predicted molar refractivity (Wildman–Crippen MR) is 79.0 cm³/mol. The molecule has 0 heterocycles. The highest BCUT2D eigenvalue weighted by atomic mass is 32.2. The fourth-order valence-corrected chi connectivity index (χ4v) is 2.50. The van der Waals surface area contributed by atoms with Gasteiger partial charge in [-0.25, -0.2) is 18.4 Å². The number of carboxylic acids is 1. The normalized spacial score (nSPS) is 11.4. The Morgan fingerprint density at radius 3 is 2.48 bits per heavy atom. The number of hydrogen-bond donors (Lipinski definition) is 3. The molecule has 0 saturated carbocycles. The number of aromatic carboxylic acids is 1. The molecule has 0 fully saturated rings. The van der Waals surface area contributed by atoms with Crippen LogP contribution in [0.2, 0.25) is 0 Å². The molecule has 0 aliphatic heterocycles. The second-order valence-corrected chi connectivity index (χ2v) is 6.15. The molecule has 0 amide bonds. The lowest BCUT2D eigenvalue weighted by atomic mass is 10.1. The summed E-state index contributed by atoms with van der Waals surface area (Å²) in [5, 5.41) is 23.4. The largest absolute Gasteiger partial charge is 0.478 e. The third-order valence-electron chi connectivity index (χ3n) is 3.02.